The SMILES string of the molecule is COc1ccc(C2SC[C@H]3C(=O)N(c4cccc(OC)c4)C(=O)N23)cc1. The Bertz CT molecular complexity index is 855. The summed E-state index contributed by atoms with van der Waals surface area (Å²) in [6.07, 6.45) is 0. The van der Waals surface area contributed by atoms with Crippen LogP contribution in [0.15, 0.2) is 48.5 Å². The first kappa shape index (κ1) is 16.8. The standard InChI is InChI=1S/C19H18N2O4S/c1-24-14-8-6-12(7-9-14)18-21-16(11-26-18)17(22)20(19(21)23)13-4-3-5-15(10-13)25-2/h3-10,16,18H,11H2,1-2H3/t16-,18?/m0/s1. The first-order valence-electron chi connectivity index (χ1n) is 8.20. The van der Waals surface area contributed by atoms with Gasteiger partial charge in [-0.3, -0.25) is 9.69 Å². The molecular formula is C19H18N2O4S. The number of methoxy groups -OCH3 is 2. The van der Waals surface area contributed by atoms with Crippen molar-refractivity contribution in [2.75, 3.05) is 24.9 Å². The Morgan fingerprint density at radius 1 is 1.00 bits per heavy atom. The summed E-state index contributed by atoms with van der Waals surface area (Å²) in [5, 5.41) is -0.182. The van der Waals surface area contributed by atoms with Crippen LogP contribution in [0.5, 0.6) is 11.5 Å². The Labute approximate surface area is 155 Å². The van der Waals surface area contributed by atoms with E-state index in [1.165, 1.54) is 4.90 Å². The van der Waals surface area contributed by atoms with Gasteiger partial charge in [-0.2, -0.15) is 0 Å². The molecule has 2 saturated heterocycles. The number of hydrogen-bond acceptors (Lipinski definition) is 5. The largest absolute Gasteiger partial charge is 0.497 e. The number of anilines is 1. The van der Waals surface area contributed by atoms with E-state index >= 15 is 0 Å². The monoisotopic (exact) mass is 370 g/mol. The van der Waals surface area contributed by atoms with Crippen molar-refractivity contribution in [2.45, 2.75) is 11.4 Å². The number of rotatable bonds is 4. The number of urea groups is 1. The number of thioether (sulfide) groups is 1. The van der Waals surface area contributed by atoms with E-state index < -0.39 is 6.04 Å². The Hall–Kier alpha value is -2.67. The Balaban J connectivity index is 1.65. The van der Waals surface area contributed by atoms with Gasteiger partial charge in [0.2, 0.25) is 0 Å². The summed E-state index contributed by atoms with van der Waals surface area (Å²) >= 11 is 1.61. The molecule has 4 rings (SSSR count). The smallest absolute Gasteiger partial charge is 0.333 e. The average molecular weight is 370 g/mol. The lowest BCUT2D eigenvalue weighted by molar-refractivity contribution is -0.119. The van der Waals surface area contributed by atoms with Crippen LogP contribution >= 0.6 is 11.8 Å². The van der Waals surface area contributed by atoms with E-state index in [0.29, 0.717) is 17.2 Å². The van der Waals surface area contributed by atoms with Gasteiger partial charge in [-0.15, -0.1) is 11.8 Å². The van der Waals surface area contributed by atoms with Gasteiger partial charge in [-0.1, -0.05) is 18.2 Å². The second-order valence-corrected chi connectivity index (χ2v) is 7.15. The molecule has 134 valence electrons. The Morgan fingerprint density at radius 3 is 2.42 bits per heavy atom. The summed E-state index contributed by atoms with van der Waals surface area (Å²) < 4.78 is 10.4. The number of nitrogens with zero attached hydrogens (tertiary/aromatic N) is 2. The molecule has 2 aromatic rings. The molecule has 7 heteroatoms. The number of ether oxygens (including phenoxy) is 2. The molecule has 2 aromatic carbocycles. The molecule has 2 aliphatic heterocycles. The van der Waals surface area contributed by atoms with E-state index in [2.05, 4.69) is 0 Å². The van der Waals surface area contributed by atoms with Crippen molar-refractivity contribution in [1.82, 2.24) is 4.90 Å². The van der Waals surface area contributed by atoms with Gasteiger partial charge in [0.25, 0.3) is 5.91 Å². The van der Waals surface area contributed by atoms with Gasteiger partial charge in [0.15, 0.2) is 0 Å². The van der Waals surface area contributed by atoms with Gasteiger partial charge < -0.3 is 9.47 Å². The molecule has 2 atom stereocenters. The molecule has 6 nitrogen and oxygen atoms in total. The van der Waals surface area contributed by atoms with Gasteiger partial charge in [0.05, 0.1) is 19.9 Å². The zero-order chi connectivity index (χ0) is 18.3. The van der Waals surface area contributed by atoms with E-state index in [9.17, 15) is 9.59 Å². The van der Waals surface area contributed by atoms with Gasteiger partial charge >= 0.3 is 6.03 Å². The number of imide groups is 1. The Kier molecular flexibility index (Phi) is 4.24. The zero-order valence-corrected chi connectivity index (χ0v) is 15.2. The van der Waals surface area contributed by atoms with Gasteiger partial charge in [-0.05, 0) is 29.8 Å². The highest BCUT2D eigenvalue weighted by molar-refractivity contribution is 7.99. The molecule has 0 aliphatic carbocycles. The third kappa shape index (κ3) is 2.59. The lowest BCUT2D eigenvalue weighted by atomic mass is 10.2. The van der Waals surface area contributed by atoms with Crippen molar-refractivity contribution in [1.29, 1.82) is 0 Å². The normalized spacial score (nSPS) is 21.9. The zero-order valence-electron chi connectivity index (χ0n) is 14.4. The van der Waals surface area contributed by atoms with Gasteiger partial charge in [0, 0.05) is 11.8 Å². The summed E-state index contributed by atoms with van der Waals surface area (Å²) in [4.78, 5) is 28.8. The summed E-state index contributed by atoms with van der Waals surface area (Å²) in [6, 6.07) is 13.9. The van der Waals surface area contributed by atoms with E-state index in [-0.39, 0.29) is 17.3 Å². The second kappa shape index (κ2) is 6.57. The molecule has 0 radical (unpaired) electrons. The first-order valence-corrected chi connectivity index (χ1v) is 9.25. The van der Waals surface area contributed by atoms with Crippen LogP contribution in [0.1, 0.15) is 10.9 Å². The Morgan fingerprint density at radius 2 is 1.73 bits per heavy atom. The minimum Gasteiger partial charge on any atom is -0.497 e. The number of hydrogen-bond donors (Lipinski definition) is 0. The van der Waals surface area contributed by atoms with Gasteiger partial charge in [0.1, 0.15) is 22.9 Å². The predicted molar refractivity (Wildman–Crippen MR) is 99.7 cm³/mol. The fourth-order valence-electron chi connectivity index (χ4n) is 3.30. The maximum atomic E-state index is 13.1. The van der Waals surface area contributed by atoms with Crippen LogP contribution in [0, 0.1) is 0 Å². The maximum absolute atomic E-state index is 13.1. The van der Waals surface area contributed by atoms with Crippen LogP contribution in [0.3, 0.4) is 0 Å². The predicted octanol–water partition coefficient (Wildman–Crippen LogP) is 3.29. The molecule has 2 heterocycles. The van der Waals surface area contributed by atoms with Crippen LogP contribution in [0.4, 0.5) is 10.5 Å². The van der Waals surface area contributed by atoms with Crippen LogP contribution < -0.4 is 14.4 Å². The van der Waals surface area contributed by atoms with E-state index in [4.69, 9.17) is 9.47 Å². The number of carbonyl (C=O) groups is 2. The van der Waals surface area contributed by atoms with Crippen LogP contribution in [0.2, 0.25) is 0 Å². The number of carbonyl (C=O) groups excluding carboxylic acids is 2. The van der Waals surface area contributed by atoms with Crippen LogP contribution in [-0.2, 0) is 4.79 Å². The molecule has 26 heavy (non-hydrogen) atoms. The van der Waals surface area contributed by atoms with Crippen molar-refractivity contribution < 1.29 is 19.1 Å². The van der Waals surface area contributed by atoms with Crippen molar-refractivity contribution in [2.24, 2.45) is 0 Å². The molecule has 0 aromatic heterocycles. The maximum Gasteiger partial charge on any atom is 0.333 e. The highest BCUT2D eigenvalue weighted by atomic mass is 32.2. The molecule has 0 bridgehead atoms. The van der Waals surface area contributed by atoms with Crippen molar-refractivity contribution in [3.05, 3.63) is 54.1 Å². The van der Waals surface area contributed by atoms with Crippen molar-refractivity contribution in [3.63, 3.8) is 0 Å². The molecule has 0 saturated carbocycles. The van der Waals surface area contributed by atoms with Crippen LogP contribution in [0.25, 0.3) is 0 Å². The molecule has 0 N–H and O–H groups in total. The quantitative estimate of drug-likeness (QED) is 0.773. The van der Waals surface area contributed by atoms with Crippen molar-refractivity contribution in [3.8, 4) is 11.5 Å². The summed E-state index contributed by atoms with van der Waals surface area (Å²) in [5.41, 5.74) is 1.51. The molecule has 2 fully saturated rings. The average Bonchev–Trinajstić information content (AvgIpc) is 3.22. The highest BCUT2D eigenvalue weighted by Crippen LogP contribution is 2.46. The number of fused-ring (bicyclic) bond motifs is 1. The fraction of sp³-hybridized carbons (Fsp3) is 0.263. The minimum atomic E-state index is -0.439. The molecule has 0 spiro atoms. The summed E-state index contributed by atoms with van der Waals surface area (Å²) in [5.74, 6) is 1.76. The first-order chi connectivity index (χ1) is 12.6. The number of benzene rings is 2. The minimum absolute atomic E-state index is 0.182. The topological polar surface area (TPSA) is 59.1 Å². The van der Waals surface area contributed by atoms with Crippen LogP contribution in [-0.4, -0.2) is 42.9 Å². The second-order valence-electron chi connectivity index (χ2n) is 6.04. The highest BCUT2D eigenvalue weighted by Gasteiger charge is 2.53. The third-order valence-electron chi connectivity index (χ3n) is 4.63. The molecule has 2 aliphatic rings. The summed E-state index contributed by atoms with van der Waals surface area (Å²) in [6.45, 7) is 0. The van der Waals surface area contributed by atoms with E-state index in [0.717, 1.165) is 11.3 Å². The molecular weight excluding hydrogens is 352 g/mol. The van der Waals surface area contributed by atoms with E-state index in [1.54, 1.807) is 55.1 Å². The fourth-order valence-corrected chi connectivity index (χ4v) is 4.72. The lowest BCUT2D eigenvalue weighted by Crippen LogP contribution is -2.33. The van der Waals surface area contributed by atoms with E-state index in [1.807, 2.05) is 24.3 Å². The third-order valence-corrected chi connectivity index (χ3v) is 5.95. The van der Waals surface area contributed by atoms with Crippen molar-refractivity contribution >= 4 is 29.4 Å². The van der Waals surface area contributed by atoms with Gasteiger partial charge in [-0.25, -0.2) is 9.69 Å². The molecule has 3 amide bonds. The lowest BCUT2D eigenvalue weighted by Gasteiger charge is -2.23. The summed E-state index contributed by atoms with van der Waals surface area (Å²) in [7, 11) is 3.17. The molecule has 1 unspecified atom stereocenters. The number of amides is 3.